The van der Waals surface area contributed by atoms with E-state index in [4.69, 9.17) is 27.3 Å². The number of thiazole rings is 1. The van der Waals surface area contributed by atoms with Gasteiger partial charge in [-0.15, -0.1) is 11.8 Å². The third-order valence-corrected chi connectivity index (χ3v) is 10.5. The average molecular weight is 689 g/mol. The van der Waals surface area contributed by atoms with Gasteiger partial charge in [0.2, 0.25) is 11.6 Å². The molecule has 15 nitrogen and oxygen atoms in total. The Bertz CT molecular complexity index is 1800. The summed E-state index contributed by atoms with van der Waals surface area (Å²) in [4.78, 5) is 60.4. The van der Waals surface area contributed by atoms with Crippen molar-refractivity contribution in [3.63, 3.8) is 0 Å². The maximum absolute atomic E-state index is 13.4. The number of nitrogens with one attached hydrogen (secondary N) is 2. The molecule has 3 aliphatic rings. The second-order valence-corrected chi connectivity index (χ2v) is 13.6. The number of piperidine rings is 1. The summed E-state index contributed by atoms with van der Waals surface area (Å²) in [6.45, 7) is 3.32. The molecule has 6 heterocycles. The zero-order valence-corrected chi connectivity index (χ0v) is 26.7. The van der Waals surface area contributed by atoms with E-state index >= 15 is 0 Å². The Balaban J connectivity index is 1.23. The lowest BCUT2D eigenvalue weighted by Crippen LogP contribution is -2.71. The zero-order chi connectivity index (χ0) is 32.7. The van der Waals surface area contributed by atoms with E-state index in [0.717, 1.165) is 53.2 Å². The van der Waals surface area contributed by atoms with E-state index in [1.54, 1.807) is 0 Å². The van der Waals surface area contributed by atoms with Crippen LogP contribution in [0.5, 0.6) is 0 Å². The molecule has 3 aromatic heterocycles. The summed E-state index contributed by atoms with van der Waals surface area (Å²) in [5, 5.41) is 30.4. The normalized spacial score (nSPS) is 21.1. The predicted molar refractivity (Wildman–Crippen MR) is 167 cm³/mol. The third-order valence-electron chi connectivity index (χ3n) is 8.05. The second-order valence-electron chi connectivity index (χ2n) is 10.9. The molecule has 46 heavy (non-hydrogen) atoms. The number of carboxylic acids is 2. The molecule has 0 spiro atoms. The van der Waals surface area contributed by atoms with E-state index in [2.05, 4.69) is 31.5 Å². The number of fused-ring (bicyclic) bond motifs is 2. The second kappa shape index (κ2) is 12.9. The molecule has 6 rings (SSSR count). The first kappa shape index (κ1) is 31.8. The highest BCUT2D eigenvalue weighted by Gasteiger charge is 2.53. The number of halogens is 1. The van der Waals surface area contributed by atoms with Crippen molar-refractivity contribution in [2.45, 2.75) is 49.9 Å². The van der Waals surface area contributed by atoms with Crippen molar-refractivity contribution in [1.29, 1.82) is 0 Å². The Kier molecular flexibility index (Phi) is 8.91. The lowest BCUT2D eigenvalue weighted by molar-refractivity contribution is -0.663. The fourth-order valence-electron chi connectivity index (χ4n) is 5.76. The van der Waals surface area contributed by atoms with Crippen LogP contribution in [-0.2, 0) is 30.6 Å². The summed E-state index contributed by atoms with van der Waals surface area (Å²) in [5.74, 6) is -4.17. The summed E-state index contributed by atoms with van der Waals surface area (Å²) in [5.41, 5.74) is 7.30. The standard InChI is InChI=1S/C28H29ClN8O7S2/c1-13(26(40)41)44-34-19(18-22(29)46-28(30)33-18)23(38)32-20-24(39)37-21(27(42)43)14(12-45-25(20)37)11-35-9-2-3-17-16(35)6-10-36(17)15-4-7-31-8-5-15/h2-3,6,9-10,13,15,20,25,31H,4-5,7-8,11-12H2,1H3,(H4-,30,32,33,38,40,41,42,43)/b34-19-/t13-,20+,25+/m0/s1. The molecule has 0 saturated carbocycles. The molecule has 0 bridgehead atoms. The number of nitrogens with two attached hydrogens (primary N) is 1. The highest BCUT2D eigenvalue weighted by atomic mass is 35.5. The van der Waals surface area contributed by atoms with Gasteiger partial charge in [0.25, 0.3) is 11.8 Å². The third kappa shape index (κ3) is 5.90. The smallest absolute Gasteiger partial charge is 0.347 e. The zero-order valence-electron chi connectivity index (χ0n) is 24.3. The van der Waals surface area contributed by atoms with Crippen LogP contribution in [0.15, 0.2) is 47.0 Å². The maximum Gasteiger partial charge on any atom is 0.347 e. The number of anilines is 1. The first-order valence-corrected chi connectivity index (χ1v) is 16.6. The van der Waals surface area contributed by atoms with Gasteiger partial charge in [0.05, 0.1) is 11.7 Å². The molecule has 0 aromatic carbocycles. The summed E-state index contributed by atoms with van der Waals surface area (Å²) >= 11 is 8.33. The number of hydrogen-bond donors (Lipinski definition) is 4. The van der Waals surface area contributed by atoms with Gasteiger partial charge in [0, 0.05) is 35.7 Å². The van der Waals surface area contributed by atoms with Gasteiger partial charge >= 0.3 is 5.97 Å². The van der Waals surface area contributed by atoms with Crippen LogP contribution in [0.4, 0.5) is 5.13 Å². The average Bonchev–Trinajstić information content (AvgIpc) is 3.62. The molecule has 18 heteroatoms. The van der Waals surface area contributed by atoms with E-state index in [0.29, 0.717) is 11.6 Å². The number of rotatable bonds is 10. The number of aliphatic carboxylic acids is 2. The van der Waals surface area contributed by atoms with Crippen LogP contribution in [-0.4, -0.2) is 85.4 Å². The number of amides is 2. The number of pyridine rings is 1. The molecule has 0 aliphatic carbocycles. The van der Waals surface area contributed by atoms with E-state index in [9.17, 15) is 24.3 Å². The van der Waals surface area contributed by atoms with Crippen molar-refractivity contribution in [3.05, 3.63) is 51.9 Å². The molecule has 5 N–H and O–H groups in total. The molecule has 2 amide bonds. The van der Waals surface area contributed by atoms with Gasteiger partial charge in [-0.05, 0) is 38.9 Å². The molecule has 3 aromatic rings. The van der Waals surface area contributed by atoms with Gasteiger partial charge in [0.15, 0.2) is 23.6 Å². The number of carbonyl (C=O) groups is 4. The lowest BCUT2D eigenvalue weighted by atomic mass is 10.0. The minimum atomic E-state index is -1.50. The Morgan fingerprint density at radius 3 is 2.78 bits per heavy atom. The van der Waals surface area contributed by atoms with E-state index in [-0.39, 0.29) is 33.2 Å². The highest BCUT2D eigenvalue weighted by Crippen LogP contribution is 2.40. The molecule has 3 aliphatic heterocycles. The van der Waals surface area contributed by atoms with Crippen molar-refractivity contribution in [2.75, 3.05) is 24.6 Å². The lowest BCUT2D eigenvalue weighted by Gasteiger charge is -2.50. The van der Waals surface area contributed by atoms with Crippen LogP contribution in [0.25, 0.3) is 11.0 Å². The van der Waals surface area contributed by atoms with Crippen LogP contribution in [0, 0.1) is 0 Å². The van der Waals surface area contributed by atoms with Crippen LogP contribution in [0.1, 0.15) is 31.5 Å². The summed E-state index contributed by atoms with van der Waals surface area (Å²) in [7, 11) is 0. The maximum atomic E-state index is 13.4. The number of oxime groups is 1. The van der Waals surface area contributed by atoms with E-state index < -0.39 is 47.0 Å². The summed E-state index contributed by atoms with van der Waals surface area (Å²) in [6.07, 6.45) is 4.54. The molecule has 2 saturated heterocycles. The molecule has 0 radical (unpaired) electrons. The van der Waals surface area contributed by atoms with Crippen molar-refractivity contribution in [1.82, 2.24) is 25.1 Å². The van der Waals surface area contributed by atoms with Gasteiger partial charge < -0.3 is 40.8 Å². The minimum absolute atomic E-state index is 0.00277. The Morgan fingerprint density at radius 2 is 2.11 bits per heavy atom. The van der Waals surface area contributed by atoms with Crippen molar-refractivity contribution >= 4 is 80.3 Å². The van der Waals surface area contributed by atoms with Gasteiger partial charge in [0.1, 0.15) is 27.0 Å². The van der Waals surface area contributed by atoms with Gasteiger partial charge in [-0.1, -0.05) is 28.1 Å². The summed E-state index contributed by atoms with van der Waals surface area (Å²) in [6, 6.07) is 5.21. The number of thioether (sulfide) groups is 1. The van der Waals surface area contributed by atoms with Gasteiger partial charge in [-0.25, -0.2) is 9.78 Å². The first-order valence-electron chi connectivity index (χ1n) is 14.3. The largest absolute Gasteiger partial charge is 0.543 e. The molecule has 0 unspecified atom stereocenters. The number of carbonyl (C=O) groups excluding carboxylic acids is 3. The number of aromatic nitrogens is 3. The van der Waals surface area contributed by atoms with Gasteiger partial charge in [-0.2, -0.15) is 4.57 Å². The number of nitrogen functional groups attached to an aromatic ring is 1. The van der Waals surface area contributed by atoms with Crippen molar-refractivity contribution in [2.24, 2.45) is 5.16 Å². The number of carboxylic acid groups (broad SMARTS) is 2. The van der Waals surface area contributed by atoms with Crippen LogP contribution in [0.3, 0.4) is 0 Å². The van der Waals surface area contributed by atoms with Crippen molar-refractivity contribution in [3.8, 4) is 0 Å². The first-order chi connectivity index (χ1) is 22.0. The number of β-lactam (4-membered cyclic amide) rings is 1. The predicted octanol–water partition coefficient (Wildman–Crippen LogP) is -0.157. The van der Waals surface area contributed by atoms with Gasteiger partial charge in [-0.3, -0.25) is 14.5 Å². The SMILES string of the molecule is C[C@H](O/N=C(\C(=O)N[C@@H]1C(=O)N2C(C(=O)[O-])=C(C[n+]3cccc4c3ccn4C3CCNCC3)CS[C@H]12)c1nc(N)sc1Cl)C(=O)O. The van der Waals surface area contributed by atoms with E-state index in [1.165, 1.54) is 18.7 Å². The Morgan fingerprint density at radius 1 is 1.35 bits per heavy atom. The fourth-order valence-corrected chi connectivity index (χ4v) is 8.03. The topological polar surface area (TPSA) is 208 Å². The molecular formula is C28H29ClN8O7S2. The monoisotopic (exact) mass is 688 g/mol. The molecular weight excluding hydrogens is 660 g/mol. The van der Waals surface area contributed by atoms with Crippen LogP contribution in [0.2, 0.25) is 4.34 Å². The van der Waals surface area contributed by atoms with E-state index in [1.807, 2.05) is 29.0 Å². The van der Waals surface area contributed by atoms with Crippen LogP contribution < -0.4 is 26.0 Å². The Labute approximate surface area is 275 Å². The fraction of sp³-hybridized carbons (Fsp3) is 0.393. The van der Waals surface area contributed by atoms with Crippen molar-refractivity contribution < 1.29 is 38.8 Å². The molecule has 2 fully saturated rings. The Hall–Kier alpha value is -4.19. The highest BCUT2D eigenvalue weighted by molar-refractivity contribution is 8.00. The molecule has 242 valence electrons. The molecule has 3 atom stereocenters. The number of hydrogen-bond acceptors (Lipinski definition) is 12. The quantitative estimate of drug-likeness (QED) is 0.0953. The number of nitrogens with zero attached hydrogens (tertiary/aromatic N) is 5. The minimum Gasteiger partial charge on any atom is -0.543 e. The summed E-state index contributed by atoms with van der Waals surface area (Å²) < 4.78 is 4.22. The van der Waals surface area contributed by atoms with Crippen LogP contribution >= 0.6 is 34.7 Å².